The second kappa shape index (κ2) is 10.7. The van der Waals surface area contributed by atoms with Gasteiger partial charge in [0.2, 0.25) is 0 Å². The van der Waals surface area contributed by atoms with Crippen LogP contribution in [0, 0.1) is 0 Å². The zero-order valence-corrected chi connectivity index (χ0v) is 11.7. The van der Waals surface area contributed by atoms with E-state index in [-0.39, 0.29) is 6.61 Å². The zero-order valence-electron chi connectivity index (χ0n) is 11.7. The molecule has 0 amide bonds. The highest BCUT2D eigenvalue weighted by molar-refractivity contribution is 4.94. The molecule has 1 aromatic heterocycles. The number of oxazole rings is 1. The minimum absolute atomic E-state index is 0.220. The van der Waals surface area contributed by atoms with E-state index < -0.39 is 13.0 Å². The Morgan fingerprint density at radius 2 is 2.15 bits per heavy atom. The molecule has 0 fully saturated rings. The first-order valence-corrected chi connectivity index (χ1v) is 6.71. The standard InChI is InChI=1S/C13H22F2N2O3/c1-18-8-6-16-5-2-3-13-17-9-11(20-13)4-7-19-10-12(14)15/h9,12,16H,2-8,10H2,1H3. The number of hydrogen-bond acceptors (Lipinski definition) is 5. The highest BCUT2D eigenvalue weighted by atomic mass is 19.3. The van der Waals surface area contributed by atoms with Crippen molar-refractivity contribution in [3.05, 3.63) is 17.8 Å². The van der Waals surface area contributed by atoms with Gasteiger partial charge in [-0.25, -0.2) is 13.8 Å². The largest absolute Gasteiger partial charge is 0.446 e. The van der Waals surface area contributed by atoms with Crippen molar-refractivity contribution < 1.29 is 22.7 Å². The molecule has 0 bridgehead atoms. The fraction of sp³-hybridized carbons (Fsp3) is 0.769. The maximum absolute atomic E-state index is 11.8. The lowest BCUT2D eigenvalue weighted by Gasteiger charge is -2.02. The summed E-state index contributed by atoms with van der Waals surface area (Å²) in [6.45, 7) is 2.08. The third-order valence-electron chi connectivity index (χ3n) is 2.57. The smallest absolute Gasteiger partial charge is 0.261 e. The summed E-state index contributed by atoms with van der Waals surface area (Å²) in [5.74, 6) is 1.34. The average molecular weight is 292 g/mol. The number of methoxy groups -OCH3 is 1. The molecular formula is C13H22F2N2O3. The molecule has 0 aliphatic rings. The Morgan fingerprint density at radius 1 is 1.30 bits per heavy atom. The molecule has 0 aliphatic heterocycles. The zero-order chi connectivity index (χ0) is 14.6. The Kier molecular flexibility index (Phi) is 9.10. The second-order valence-corrected chi connectivity index (χ2v) is 4.28. The van der Waals surface area contributed by atoms with Crippen LogP contribution >= 0.6 is 0 Å². The quantitative estimate of drug-likeness (QED) is 0.594. The number of aryl methyl sites for hydroxylation is 1. The van der Waals surface area contributed by atoms with Gasteiger partial charge in [0, 0.05) is 26.5 Å². The SMILES string of the molecule is COCCNCCCc1ncc(CCOCC(F)F)o1. The van der Waals surface area contributed by atoms with Crippen LogP contribution in [0.1, 0.15) is 18.1 Å². The molecule has 7 heteroatoms. The second-order valence-electron chi connectivity index (χ2n) is 4.28. The summed E-state index contributed by atoms with van der Waals surface area (Å²) in [6, 6.07) is 0. The summed E-state index contributed by atoms with van der Waals surface area (Å²) in [5, 5.41) is 3.23. The summed E-state index contributed by atoms with van der Waals surface area (Å²) >= 11 is 0. The van der Waals surface area contributed by atoms with Crippen molar-refractivity contribution in [2.24, 2.45) is 0 Å². The van der Waals surface area contributed by atoms with Crippen molar-refractivity contribution in [3.8, 4) is 0 Å². The summed E-state index contributed by atoms with van der Waals surface area (Å²) < 4.78 is 38.9. The maximum Gasteiger partial charge on any atom is 0.261 e. The predicted octanol–water partition coefficient (Wildman–Crippen LogP) is 1.67. The van der Waals surface area contributed by atoms with Crippen molar-refractivity contribution in [1.82, 2.24) is 10.3 Å². The van der Waals surface area contributed by atoms with Crippen LogP contribution < -0.4 is 5.32 Å². The monoisotopic (exact) mass is 292 g/mol. The molecule has 0 saturated heterocycles. The number of nitrogens with zero attached hydrogens (tertiary/aromatic N) is 1. The van der Waals surface area contributed by atoms with E-state index in [9.17, 15) is 8.78 Å². The van der Waals surface area contributed by atoms with E-state index in [1.807, 2.05) is 0 Å². The van der Waals surface area contributed by atoms with E-state index in [0.29, 0.717) is 24.7 Å². The Labute approximate surface area is 117 Å². The van der Waals surface area contributed by atoms with Crippen molar-refractivity contribution >= 4 is 0 Å². The molecule has 0 unspecified atom stereocenters. The number of alkyl halides is 2. The summed E-state index contributed by atoms with van der Waals surface area (Å²) in [4.78, 5) is 4.14. The van der Waals surface area contributed by atoms with E-state index in [2.05, 4.69) is 10.3 Å². The molecule has 0 aromatic carbocycles. The van der Waals surface area contributed by atoms with Crippen LogP contribution in [-0.2, 0) is 22.3 Å². The maximum atomic E-state index is 11.8. The van der Waals surface area contributed by atoms with Gasteiger partial charge in [-0.1, -0.05) is 0 Å². The first kappa shape index (κ1) is 17.0. The topological polar surface area (TPSA) is 56.5 Å². The van der Waals surface area contributed by atoms with Crippen LogP contribution in [0.15, 0.2) is 10.6 Å². The van der Waals surface area contributed by atoms with Crippen molar-refractivity contribution in [2.45, 2.75) is 25.7 Å². The van der Waals surface area contributed by atoms with Gasteiger partial charge >= 0.3 is 0 Å². The molecule has 0 aliphatic carbocycles. The number of rotatable bonds is 12. The summed E-state index contributed by atoms with van der Waals surface area (Å²) in [7, 11) is 1.67. The van der Waals surface area contributed by atoms with Crippen molar-refractivity contribution in [1.29, 1.82) is 0 Å². The van der Waals surface area contributed by atoms with E-state index in [1.54, 1.807) is 13.3 Å². The van der Waals surface area contributed by atoms with Crippen LogP contribution in [0.5, 0.6) is 0 Å². The average Bonchev–Trinajstić information content (AvgIpc) is 2.86. The van der Waals surface area contributed by atoms with Crippen LogP contribution in [0.25, 0.3) is 0 Å². The molecule has 1 rings (SSSR count). The van der Waals surface area contributed by atoms with Gasteiger partial charge in [0.15, 0.2) is 5.89 Å². The lowest BCUT2D eigenvalue weighted by Crippen LogP contribution is -2.20. The summed E-state index contributed by atoms with van der Waals surface area (Å²) in [6.07, 6.45) is 1.33. The molecule has 1 heterocycles. The minimum Gasteiger partial charge on any atom is -0.446 e. The molecular weight excluding hydrogens is 270 g/mol. The van der Waals surface area contributed by atoms with E-state index in [0.717, 1.165) is 25.9 Å². The third kappa shape index (κ3) is 8.19. The molecule has 0 atom stereocenters. The molecule has 1 aromatic rings. The Hall–Kier alpha value is -1.05. The molecule has 5 nitrogen and oxygen atoms in total. The first-order valence-electron chi connectivity index (χ1n) is 6.71. The normalized spacial score (nSPS) is 11.4. The molecule has 0 saturated carbocycles. The highest BCUT2D eigenvalue weighted by Gasteiger charge is 2.05. The van der Waals surface area contributed by atoms with Gasteiger partial charge in [0.1, 0.15) is 12.4 Å². The molecule has 0 radical (unpaired) electrons. The van der Waals surface area contributed by atoms with E-state index in [1.165, 1.54) is 0 Å². The molecule has 20 heavy (non-hydrogen) atoms. The lowest BCUT2D eigenvalue weighted by molar-refractivity contribution is 0.0176. The van der Waals surface area contributed by atoms with Gasteiger partial charge < -0.3 is 19.2 Å². The number of hydrogen-bond donors (Lipinski definition) is 1. The molecule has 1 N–H and O–H groups in total. The predicted molar refractivity (Wildman–Crippen MR) is 70.1 cm³/mol. The highest BCUT2D eigenvalue weighted by Crippen LogP contribution is 2.07. The van der Waals surface area contributed by atoms with Gasteiger partial charge in [-0.2, -0.15) is 0 Å². The van der Waals surface area contributed by atoms with Gasteiger partial charge in [-0.3, -0.25) is 0 Å². The summed E-state index contributed by atoms with van der Waals surface area (Å²) in [5.41, 5.74) is 0. The lowest BCUT2D eigenvalue weighted by atomic mass is 10.3. The van der Waals surface area contributed by atoms with Gasteiger partial charge in [0.25, 0.3) is 6.43 Å². The van der Waals surface area contributed by atoms with Gasteiger partial charge in [-0.05, 0) is 13.0 Å². The van der Waals surface area contributed by atoms with Crippen LogP contribution in [0.3, 0.4) is 0 Å². The Morgan fingerprint density at radius 3 is 2.90 bits per heavy atom. The van der Waals surface area contributed by atoms with E-state index in [4.69, 9.17) is 13.9 Å². The molecule has 116 valence electrons. The number of halogens is 2. The number of aromatic nitrogens is 1. The number of ether oxygens (including phenoxy) is 2. The van der Waals surface area contributed by atoms with Crippen molar-refractivity contribution in [3.63, 3.8) is 0 Å². The fourth-order valence-electron chi connectivity index (χ4n) is 1.59. The van der Waals surface area contributed by atoms with Crippen molar-refractivity contribution in [2.75, 3.05) is 40.0 Å². The van der Waals surface area contributed by atoms with Gasteiger partial charge in [-0.15, -0.1) is 0 Å². The Balaban J connectivity index is 2.07. The van der Waals surface area contributed by atoms with Crippen LogP contribution in [0.2, 0.25) is 0 Å². The van der Waals surface area contributed by atoms with Crippen LogP contribution in [-0.4, -0.2) is 51.4 Å². The number of nitrogens with one attached hydrogen (secondary N) is 1. The first-order chi connectivity index (χ1) is 9.72. The third-order valence-corrected chi connectivity index (χ3v) is 2.57. The van der Waals surface area contributed by atoms with Gasteiger partial charge in [0.05, 0.1) is 19.4 Å². The molecule has 0 spiro atoms. The van der Waals surface area contributed by atoms with Crippen LogP contribution in [0.4, 0.5) is 8.78 Å². The fourth-order valence-corrected chi connectivity index (χ4v) is 1.59. The minimum atomic E-state index is -2.43. The Bertz CT molecular complexity index is 348. The van der Waals surface area contributed by atoms with E-state index >= 15 is 0 Å².